The van der Waals surface area contributed by atoms with Crippen LogP contribution in [0.25, 0.3) is 0 Å². The number of benzene rings is 1. The van der Waals surface area contributed by atoms with Gasteiger partial charge < -0.3 is 15.8 Å². The Morgan fingerprint density at radius 1 is 1.42 bits per heavy atom. The molecule has 0 radical (unpaired) electrons. The van der Waals surface area contributed by atoms with Crippen molar-refractivity contribution in [1.82, 2.24) is 5.32 Å². The Labute approximate surface area is 115 Å². The minimum atomic E-state index is 0.0378. The van der Waals surface area contributed by atoms with Crippen LogP contribution in [0.4, 0.5) is 5.69 Å². The summed E-state index contributed by atoms with van der Waals surface area (Å²) in [5.74, 6) is 1.38. The van der Waals surface area contributed by atoms with E-state index in [2.05, 4.69) is 19.2 Å². The van der Waals surface area contributed by atoms with Gasteiger partial charge in [-0.05, 0) is 36.5 Å². The van der Waals surface area contributed by atoms with Crippen LogP contribution >= 0.6 is 0 Å². The second-order valence-corrected chi connectivity index (χ2v) is 5.08. The third-order valence-corrected chi connectivity index (χ3v) is 2.95. The van der Waals surface area contributed by atoms with Gasteiger partial charge in [-0.2, -0.15) is 0 Å². The zero-order valence-electron chi connectivity index (χ0n) is 12.0. The van der Waals surface area contributed by atoms with Crippen LogP contribution in [0.2, 0.25) is 0 Å². The predicted molar refractivity (Wildman–Crippen MR) is 78.2 cm³/mol. The van der Waals surface area contributed by atoms with Crippen LogP contribution in [0, 0.1) is 5.92 Å². The lowest BCUT2D eigenvalue weighted by atomic mass is 10.1. The van der Waals surface area contributed by atoms with E-state index in [1.54, 1.807) is 7.05 Å². The number of anilines is 1. The Morgan fingerprint density at radius 3 is 2.74 bits per heavy atom. The molecule has 4 heteroatoms. The summed E-state index contributed by atoms with van der Waals surface area (Å²) in [5.41, 5.74) is 7.64. The number of hydrogen-bond donors (Lipinski definition) is 2. The summed E-state index contributed by atoms with van der Waals surface area (Å²) < 4.78 is 5.65. The molecule has 19 heavy (non-hydrogen) atoms. The maximum Gasteiger partial charge on any atom is 0.220 e. The molecule has 0 atom stereocenters. The van der Waals surface area contributed by atoms with Crippen LogP contribution in [0.5, 0.6) is 5.75 Å². The molecule has 106 valence electrons. The molecular weight excluding hydrogens is 240 g/mol. The first kappa shape index (κ1) is 15.3. The van der Waals surface area contributed by atoms with Crippen LogP contribution in [0.15, 0.2) is 18.2 Å². The highest BCUT2D eigenvalue weighted by Gasteiger charge is 2.05. The Balaban J connectivity index is 2.51. The third kappa shape index (κ3) is 5.64. The number of nitrogen functional groups attached to an aromatic ring is 1. The highest BCUT2D eigenvalue weighted by molar-refractivity contribution is 5.75. The van der Waals surface area contributed by atoms with Gasteiger partial charge in [0.05, 0.1) is 12.3 Å². The van der Waals surface area contributed by atoms with Crippen LogP contribution in [0.3, 0.4) is 0 Å². The maximum absolute atomic E-state index is 11.2. The molecule has 0 saturated heterocycles. The van der Waals surface area contributed by atoms with Crippen molar-refractivity contribution in [2.45, 2.75) is 33.1 Å². The summed E-state index contributed by atoms with van der Waals surface area (Å²) in [4.78, 5) is 11.2. The number of nitrogens with two attached hydrogens (primary N) is 1. The molecular formula is C15H24N2O2. The lowest BCUT2D eigenvalue weighted by Gasteiger charge is -2.11. The Morgan fingerprint density at radius 2 is 2.16 bits per heavy atom. The van der Waals surface area contributed by atoms with Crippen molar-refractivity contribution in [3.8, 4) is 5.75 Å². The normalized spacial score (nSPS) is 10.5. The van der Waals surface area contributed by atoms with Gasteiger partial charge in [-0.15, -0.1) is 0 Å². The summed E-state index contributed by atoms with van der Waals surface area (Å²) >= 11 is 0. The number of amides is 1. The smallest absolute Gasteiger partial charge is 0.220 e. The highest BCUT2D eigenvalue weighted by Crippen LogP contribution is 2.23. The minimum Gasteiger partial charge on any atom is -0.491 e. The summed E-state index contributed by atoms with van der Waals surface area (Å²) in [5, 5.41) is 2.60. The Bertz CT molecular complexity index is 417. The molecule has 1 aromatic rings. The van der Waals surface area contributed by atoms with E-state index in [0.717, 1.165) is 17.7 Å². The number of carbonyl (C=O) groups excluding carboxylic acids is 1. The monoisotopic (exact) mass is 264 g/mol. The first-order chi connectivity index (χ1) is 9.02. The number of nitrogens with one attached hydrogen (secondary N) is 1. The summed E-state index contributed by atoms with van der Waals surface area (Å²) in [7, 11) is 1.64. The van der Waals surface area contributed by atoms with Gasteiger partial charge in [0.15, 0.2) is 0 Å². The fourth-order valence-electron chi connectivity index (χ4n) is 1.67. The topological polar surface area (TPSA) is 64.3 Å². The Hall–Kier alpha value is -1.71. The lowest BCUT2D eigenvalue weighted by Crippen LogP contribution is -2.17. The van der Waals surface area contributed by atoms with Gasteiger partial charge in [-0.3, -0.25) is 4.79 Å². The number of carbonyl (C=O) groups is 1. The van der Waals surface area contributed by atoms with Gasteiger partial charge in [0, 0.05) is 13.5 Å². The molecule has 0 aliphatic rings. The first-order valence-corrected chi connectivity index (χ1v) is 6.74. The quantitative estimate of drug-likeness (QED) is 0.743. The molecule has 0 saturated carbocycles. The minimum absolute atomic E-state index is 0.0378. The maximum atomic E-state index is 11.2. The molecule has 0 unspecified atom stereocenters. The molecule has 1 amide bonds. The molecule has 0 aliphatic heterocycles. The van der Waals surface area contributed by atoms with Crippen LogP contribution in [-0.4, -0.2) is 19.6 Å². The molecule has 0 heterocycles. The number of ether oxygens (including phenoxy) is 1. The standard InChI is InChI=1S/C15H24N2O2/c1-11(2)8-9-19-14-6-4-12(10-13(14)16)5-7-15(18)17-3/h4,6,10-11H,5,7-9,16H2,1-3H3,(H,17,18). The number of hydrogen-bond acceptors (Lipinski definition) is 3. The van der Waals surface area contributed by atoms with E-state index in [0.29, 0.717) is 31.1 Å². The fourth-order valence-corrected chi connectivity index (χ4v) is 1.67. The molecule has 0 aromatic heterocycles. The number of aryl methyl sites for hydroxylation is 1. The van der Waals surface area contributed by atoms with Crippen LogP contribution in [-0.2, 0) is 11.2 Å². The largest absolute Gasteiger partial charge is 0.491 e. The molecule has 0 fully saturated rings. The molecule has 0 bridgehead atoms. The Kier molecular flexibility index (Phi) is 6.19. The van der Waals surface area contributed by atoms with Crippen molar-refractivity contribution < 1.29 is 9.53 Å². The van der Waals surface area contributed by atoms with Crippen molar-refractivity contribution in [3.63, 3.8) is 0 Å². The highest BCUT2D eigenvalue weighted by atomic mass is 16.5. The van der Waals surface area contributed by atoms with E-state index in [4.69, 9.17) is 10.5 Å². The average molecular weight is 264 g/mol. The van der Waals surface area contributed by atoms with Gasteiger partial charge in [-0.25, -0.2) is 0 Å². The second-order valence-electron chi connectivity index (χ2n) is 5.08. The summed E-state index contributed by atoms with van der Waals surface area (Å²) in [6, 6.07) is 5.73. The number of rotatable bonds is 7. The van der Waals surface area contributed by atoms with E-state index in [1.807, 2.05) is 18.2 Å². The molecule has 3 N–H and O–H groups in total. The SMILES string of the molecule is CNC(=O)CCc1ccc(OCCC(C)C)c(N)c1. The van der Waals surface area contributed by atoms with Crippen molar-refractivity contribution >= 4 is 11.6 Å². The van der Waals surface area contributed by atoms with Crippen LogP contribution < -0.4 is 15.8 Å². The van der Waals surface area contributed by atoms with Gasteiger partial charge in [-0.1, -0.05) is 19.9 Å². The lowest BCUT2D eigenvalue weighted by molar-refractivity contribution is -0.120. The van der Waals surface area contributed by atoms with E-state index in [-0.39, 0.29) is 5.91 Å². The molecule has 0 aliphatic carbocycles. The second kappa shape index (κ2) is 7.67. The zero-order chi connectivity index (χ0) is 14.3. The summed E-state index contributed by atoms with van der Waals surface area (Å²) in [6.45, 7) is 5.00. The molecule has 1 rings (SSSR count). The average Bonchev–Trinajstić information content (AvgIpc) is 2.37. The van der Waals surface area contributed by atoms with Gasteiger partial charge in [0.1, 0.15) is 5.75 Å². The van der Waals surface area contributed by atoms with Gasteiger partial charge in [0.25, 0.3) is 0 Å². The van der Waals surface area contributed by atoms with E-state index < -0.39 is 0 Å². The third-order valence-electron chi connectivity index (χ3n) is 2.95. The molecule has 1 aromatic carbocycles. The van der Waals surface area contributed by atoms with Crippen molar-refractivity contribution in [2.24, 2.45) is 5.92 Å². The van der Waals surface area contributed by atoms with E-state index in [1.165, 1.54) is 0 Å². The summed E-state index contributed by atoms with van der Waals surface area (Å²) in [6.07, 6.45) is 2.18. The van der Waals surface area contributed by atoms with Gasteiger partial charge >= 0.3 is 0 Å². The van der Waals surface area contributed by atoms with Crippen LogP contribution in [0.1, 0.15) is 32.3 Å². The van der Waals surface area contributed by atoms with E-state index >= 15 is 0 Å². The zero-order valence-corrected chi connectivity index (χ0v) is 12.0. The fraction of sp³-hybridized carbons (Fsp3) is 0.533. The van der Waals surface area contributed by atoms with Crippen molar-refractivity contribution in [3.05, 3.63) is 23.8 Å². The molecule has 0 spiro atoms. The first-order valence-electron chi connectivity index (χ1n) is 6.74. The predicted octanol–water partition coefficient (Wildman–Crippen LogP) is 2.37. The van der Waals surface area contributed by atoms with E-state index in [9.17, 15) is 4.79 Å². The van der Waals surface area contributed by atoms with Crippen molar-refractivity contribution in [1.29, 1.82) is 0 Å². The molecule has 4 nitrogen and oxygen atoms in total. The van der Waals surface area contributed by atoms with Gasteiger partial charge in [0.2, 0.25) is 5.91 Å². The van der Waals surface area contributed by atoms with Crippen molar-refractivity contribution in [2.75, 3.05) is 19.4 Å².